The van der Waals surface area contributed by atoms with Crippen molar-refractivity contribution in [2.24, 2.45) is 0 Å². The van der Waals surface area contributed by atoms with Crippen molar-refractivity contribution in [1.82, 2.24) is 10.2 Å². The molecule has 0 saturated heterocycles. The first-order valence-electron chi connectivity index (χ1n) is 8.01. The van der Waals surface area contributed by atoms with Gasteiger partial charge in [-0.1, -0.05) is 24.3 Å². The van der Waals surface area contributed by atoms with Gasteiger partial charge in [0.15, 0.2) is 5.82 Å². The largest absolute Gasteiger partial charge is 0.497 e. The normalized spacial score (nSPS) is 10.8. The van der Waals surface area contributed by atoms with Crippen LogP contribution in [-0.4, -0.2) is 17.3 Å². The van der Waals surface area contributed by atoms with Crippen molar-refractivity contribution in [1.29, 1.82) is 0 Å². The van der Waals surface area contributed by atoms with Crippen molar-refractivity contribution in [3.05, 3.63) is 72.7 Å². The van der Waals surface area contributed by atoms with Crippen LogP contribution in [0.1, 0.15) is 5.76 Å². The van der Waals surface area contributed by atoms with Crippen molar-refractivity contribution < 1.29 is 9.15 Å². The summed E-state index contributed by atoms with van der Waals surface area (Å²) in [5.74, 6) is 2.41. The van der Waals surface area contributed by atoms with E-state index in [1.807, 2.05) is 54.6 Å². The summed E-state index contributed by atoms with van der Waals surface area (Å²) < 4.78 is 10.6. The summed E-state index contributed by atoms with van der Waals surface area (Å²) in [6.07, 6.45) is 1.66. The summed E-state index contributed by atoms with van der Waals surface area (Å²) in [4.78, 5) is 0. The zero-order valence-electron chi connectivity index (χ0n) is 13.8. The molecule has 1 N–H and O–H groups in total. The number of methoxy groups -OCH3 is 1. The summed E-state index contributed by atoms with van der Waals surface area (Å²) in [5, 5.41) is 14.2. The third kappa shape index (κ3) is 3.04. The number of anilines is 1. The second-order valence-corrected chi connectivity index (χ2v) is 5.60. The van der Waals surface area contributed by atoms with Gasteiger partial charge in [-0.2, -0.15) is 0 Å². The molecule has 0 aliphatic rings. The van der Waals surface area contributed by atoms with E-state index in [4.69, 9.17) is 9.15 Å². The Kier molecular flexibility index (Phi) is 4.04. The standard InChI is InChI=1S/C20H17N3O2/c1-24-15-10-8-14(9-11-15)19-17-6-2-3-7-18(17)20(23-22-19)21-13-16-5-4-12-25-16/h2-12H,13H2,1H3,(H,21,23). The number of nitrogens with one attached hydrogen (secondary N) is 1. The van der Waals surface area contributed by atoms with Crippen LogP contribution < -0.4 is 10.1 Å². The number of nitrogens with zero attached hydrogens (tertiary/aromatic N) is 2. The minimum Gasteiger partial charge on any atom is -0.497 e. The Morgan fingerprint density at radius 2 is 1.72 bits per heavy atom. The zero-order chi connectivity index (χ0) is 17.1. The SMILES string of the molecule is COc1ccc(-c2nnc(NCc3ccco3)c3ccccc23)cc1. The van der Waals surface area contributed by atoms with Crippen molar-refractivity contribution in [3.8, 4) is 17.0 Å². The number of rotatable bonds is 5. The molecule has 0 radical (unpaired) electrons. The molecule has 2 aromatic carbocycles. The topological polar surface area (TPSA) is 60.2 Å². The molecule has 0 fully saturated rings. The van der Waals surface area contributed by atoms with Crippen LogP contribution >= 0.6 is 0 Å². The van der Waals surface area contributed by atoms with Crippen molar-refractivity contribution in [2.45, 2.75) is 6.54 Å². The van der Waals surface area contributed by atoms with E-state index >= 15 is 0 Å². The van der Waals surface area contributed by atoms with Gasteiger partial charge in [-0.25, -0.2) is 0 Å². The molecule has 0 aliphatic carbocycles. The molecule has 0 amide bonds. The molecule has 124 valence electrons. The first-order chi connectivity index (χ1) is 12.3. The van der Waals surface area contributed by atoms with E-state index in [9.17, 15) is 0 Å². The molecule has 0 atom stereocenters. The Morgan fingerprint density at radius 3 is 2.44 bits per heavy atom. The van der Waals surface area contributed by atoms with E-state index in [1.54, 1.807) is 13.4 Å². The number of hydrogen-bond donors (Lipinski definition) is 1. The number of hydrogen-bond acceptors (Lipinski definition) is 5. The predicted molar refractivity (Wildman–Crippen MR) is 97.6 cm³/mol. The van der Waals surface area contributed by atoms with Crippen molar-refractivity contribution in [3.63, 3.8) is 0 Å². The predicted octanol–water partition coefficient (Wildman–Crippen LogP) is 4.51. The molecule has 5 nitrogen and oxygen atoms in total. The van der Waals surface area contributed by atoms with Crippen LogP contribution in [0, 0.1) is 0 Å². The van der Waals surface area contributed by atoms with E-state index in [1.165, 1.54) is 0 Å². The maximum Gasteiger partial charge on any atom is 0.156 e. The Labute approximate surface area is 145 Å². The highest BCUT2D eigenvalue weighted by molar-refractivity contribution is 6.00. The monoisotopic (exact) mass is 331 g/mol. The minimum absolute atomic E-state index is 0.563. The summed E-state index contributed by atoms with van der Waals surface area (Å²) >= 11 is 0. The third-order valence-corrected chi connectivity index (χ3v) is 4.06. The highest BCUT2D eigenvalue weighted by Crippen LogP contribution is 2.30. The number of aromatic nitrogens is 2. The third-order valence-electron chi connectivity index (χ3n) is 4.06. The molecule has 4 rings (SSSR count). The fourth-order valence-electron chi connectivity index (χ4n) is 2.78. The van der Waals surface area contributed by atoms with Crippen LogP contribution in [0.2, 0.25) is 0 Å². The van der Waals surface area contributed by atoms with Gasteiger partial charge in [0.05, 0.1) is 19.9 Å². The molecule has 0 unspecified atom stereocenters. The van der Waals surface area contributed by atoms with Crippen molar-refractivity contribution >= 4 is 16.6 Å². The van der Waals surface area contributed by atoms with E-state index in [0.717, 1.165) is 39.4 Å². The van der Waals surface area contributed by atoms with Gasteiger partial charge in [-0.05, 0) is 36.4 Å². The van der Waals surface area contributed by atoms with Crippen LogP contribution in [0.15, 0.2) is 71.3 Å². The van der Waals surface area contributed by atoms with Gasteiger partial charge >= 0.3 is 0 Å². The highest BCUT2D eigenvalue weighted by atomic mass is 16.5. The number of ether oxygens (including phenoxy) is 1. The Bertz CT molecular complexity index is 980. The van der Waals surface area contributed by atoms with Gasteiger partial charge < -0.3 is 14.5 Å². The van der Waals surface area contributed by atoms with Crippen molar-refractivity contribution in [2.75, 3.05) is 12.4 Å². The lowest BCUT2D eigenvalue weighted by Crippen LogP contribution is -2.03. The fraction of sp³-hybridized carbons (Fsp3) is 0.100. The maximum atomic E-state index is 5.36. The Morgan fingerprint density at radius 1 is 0.920 bits per heavy atom. The van der Waals surface area contributed by atoms with Gasteiger partial charge in [0.25, 0.3) is 0 Å². The molecule has 5 heteroatoms. The van der Waals surface area contributed by atoms with Crippen LogP contribution in [0.5, 0.6) is 5.75 Å². The lowest BCUT2D eigenvalue weighted by atomic mass is 10.0. The van der Waals surface area contributed by atoms with Gasteiger partial charge in [0.2, 0.25) is 0 Å². The molecule has 0 aliphatic heterocycles. The van der Waals surface area contributed by atoms with E-state index < -0.39 is 0 Å². The second-order valence-electron chi connectivity index (χ2n) is 5.60. The summed E-state index contributed by atoms with van der Waals surface area (Å²) in [5.41, 5.74) is 1.85. The van der Waals surface area contributed by atoms with Gasteiger partial charge in [-0.3, -0.25) is 0 Å². The fourth-order valence-corrected chi connectivity index (χ4v) is 2.78. The smallest absolute Gasteiger partial charge is 0.156 e. The Hall–Kier alpha value is -3.34. The van der Waals surface area contributed by atoms with Gasteiger partial charge in [0, 0.05) is 16.3 Å². The minimum atomic E-state index is 0.563. The molecule has 0 spiro atoms. The summed E-state index contributed by atoms with van der Waals surface area (Å²) in [7, 11) is 1.66. The lowest BCUT2D eigenvalue weighted by Gasteiger charge is -2.11. The molecule has 4 aromatic rings. The molecular weight excluding hydrogens is 314 g/mol. The number of furan rings is 1. The van der Waals surface area contributed by atoms with Crippen LogP contribution in [-0.2, 0) is 6.54 Å². The molecule has 2 heterocycles. The lowest BCUT2D eigenvalue weighted by molar-refractivity contribution is 0.415. The highest BCUT2D eigenvalue weighted by Gasteiger charge is 2.11. The molecule has 0 bridgehead atoms. The van der Waals surface area contributed by atoms with E-state index in [-0.39, 0.29) is 0 Å². The molecule has 0 saturated carbocycles. The molecule has 25 heavy (non-hydrogen) atoms. The zero-order valence-corrected chi connectivity index (χ0v) is 13.8. The molecule has 2 aromatic heterocycles. The number of fused-ring (bicyclic) bond motifs is 1. The quantitative estimate of drug-likeness (QED) is 0.583. The van der Waals surface area contributed by atoms with E-state index in [0.29, 0.717) is 6.54 Å². The average molecular weight is 331 g/mol. The first kappa shape index (κ1) is 15.2. The van der Waals surface area contributed by atoms with Crippen LogP contribution in [0.3, 0.4) is 0 Å². The van der Waals surface area contributed by atoms with Gasteiger partial charge in [-0.15, -0.1) is 10.2 Å². The van der Waals surface area contributed by atoms with Crippen LogP contribution in [0.25, 0.3) is 22.0 Å². The summed E-state index contributed by atoms with van der Waals surface area (Å²) in [6, 6.07) is 19.7. The maximum absolute atomic E-state index is 5.36. The second kappa shape index (κ2) is 6.65. The summed E-state index contributed by atoms with van der Waals surface area (Å²) in [6.45, 7) is 0.563. The molecular formula is C20H17N3O2. The Balaban J connectivity index is 1.73. The van der Waals surface area contributed by atoms with Gasteiger partial charge in [0.1, 0.15) is 17.2 Å². The first-order valence-corrected chi connectivity index (χ1v) is 8.01. The van der Waals surface area contributed by atoms with Crippen LogP contribution in [0.4, 0.5) is 5.82 Å². The number of benzene rings is 2. The van der Waals surface area contributed by atoms with E-state index in [2.05, 4.69) is 21.6 Å². The average Bonchev–Trinajstić information content (AvgIpc) is 3.20.